The van der Waals surface area contributed by atoms with Crippen LogP contribution < -0.4 is 0 Å². The van der Waals surface area contributed by atoms with Gasteiger partial charge in [0.05, 0.1) is 5.41 Å². The molecule has 234 valence electrons. The highest BCUT2D eigenvalue weighted by atomic mass is 32.2. The first-order chi connectivity index (χ1) is 24.8. The summed E-state index contributed by atoms with van der Waals surface area (Å²) in [4.78, 5) is 18.0. The fourth-order valence-electron chi connectivity index (χ4n) is 7.86. The van der Waals surface area contributed by atoms with Crippen molar-refractivity contribution in [2.75, 3.05) is 0 Å². The largest absolute Gasteiger partial charge is 0.208 e. The third-order valence-corrected chi connectivity index (χ3v) is 11.2. The maximum atomic E-state index is 5.27. The van der Waals surface area contributed by atoms with Crippen LogP contribution in [0.15, 0.2) is 186 Å². The summed E-state index contributed by atoms with van der Waals surface area (Å²) >= 11 is 1.82. The van der Waals surface area contributed by atoms with Crippen molar-refractivity contribution in [3.05, 3.63) is 198 Å². The first-order valence-corrected chi connectivity index (χ1v) is 17.7. The molecule has 1 aromatic heterocycles. The molecule has 1 spiro atoms. The van der Waals surface area contributed by atoms with Gasteiger partial charge in [0.15, 0.2) is 17.5 Å². The van der Waals surface area contributed by atoms with Crippen molar-refractivity contribution in [3.8, 4) is 56.4 Å². The molecule has 0 amide bonds. The van der Waals surface area contributed by atoms with Crippen LogP contribution in [-0.4, -0.2) is 15.0 Å². The van der Waals surface area contributed by atoms with Gasteiger partial charge in [-0.2, -0.15) is 0 Å². The standard InChI is InChI=1S/C46H29N3S/c1-3-15-30(16-4-1)32-19-13-20-33(29-32)44-47-43(31-17-5-2-6-18-31)48-45(49-44)36-23-14-27-40-42(36)50-41-28-12-11-26-39(41)46(40)37-24-9-7-21-34(37)35-22-8-10-25-38(35)46/h1-29H. The van der Waals surface area contributed by atoms with Gasteiger partial charge >= 0.3 is 0 Å². The highest BCUT2D eigenvalue weighted by Gasteiger charge is 2.50. The van der Waals surface area contributed by atoms with E-state index in [-0.39, 0.29) is 0 Å². The predicted molar refractivity (Wildman–Crippen MR) is 203 cm³/mol. The lowest BCUT2D eigenvalue weighted by Crippen LogP contribution is -2.32. The normalized spacial score (nSPS) is 13.3. The lowest BCUT2D eigenvalue weighted by molar-refractivity contribution is 0.722. The first-order valence-electron chi connectivity index (χ1n) is 16.9. The summed E-state index contributed by atoms with van der Waals surface area (Å²) in [6.07, 6.45) is 0. The molecule has 0 unspecified atom stereocenters. The number of hydrogen-bond donors (Lipinski definition) is 0. The van der Waals surface area contributed by atoms with Gasteiger partial charge in [-0.25, -0.2) is 15.0 Å². The summed E-state index contributed by atoms with van der Waals surface area (Å²) in [6, 6.07) is 62.5. The lowest BCUT2D eigenvalue weighted by atomic mass is 9.67. The Morgan fingerprint density at radius 2 is 0.820 bits per heavy atom. The lowest BCUT2D eigenvalue weighted by Gasteiger charge is -2.40. The number of benzene rings is 7. The third kappa shape index (κ3) is 4.35. The van der Waals surface area contributed by atoms with Crippen LogP contribution in [0.3, 0.4) is 0 Å². The summed E-state index contributed by atoms with van der Waals surface area (Å²) in [5.41, 5.74) is 12.5. The van der Waals surface area contributed by atoms with E-state index in [1.165, 1.54) is 43.2 Å². The minimum atomic E-state index is -0.470. The molecule has 0 atom stereocenters. The fraction of sp³-hybridized carbons (Fsp3) is 0.0217. The molecule has 4 heteroatoms. The second-order valence-corrected chi connectivity index (χ2v) is 13.8. The molecule has 3 nitrogen and oxygen atoms in total. The summed E-state index contributed by atoms with van der Waals surface area (Å²) in [5.74, 6) is 1.97. The summed E-state index contributed by atoms with van der Waals surface area (Å²) in [5, 5.41) is 0. The number of rotatable bonds is 4. The van der Waals surface area contributed by atoms with E-state index in [1.54, 1.807) is 0 Å². The van der Waals surface area contributed by atoms with Crippen LogP contribution >= 0.6 is 11.8 Å². The van der Waals surface area contributed by atoms with E-state index < -0.39 is 5.41 Å². The Morgan fingerprint density at radius 3 is 1.54 bits per heavy atom. The molecular formula is C46H29N3S. The molecule has 10 rings (SSSR count). The summed E-state index contributed by atoms with van der Waals surface area (Å²) in [7, 11) is 0. The topological polar surface area (TPSA) is 38.7 Å². The van der Waals surface area contributed by atoms with Crippen LogP contribution in [0.5, 0.6) is 0 Å². The molecule has 2 heterocycles. The molecule has 1 aliphatic heterocycles. The fourth-order valence-corrected chi connectivity index (χ4v) is 9.16. The van der Waals surface area contributed by atoms with Gasteiger partial charge in [-0.15, -0.1) is 0 Å². The van der Waals surface area contributed by atoms with E-state index in [2.05, 4.69) is 152 Å². The molecule has 8 aromatic rings. The zero-order chi connectivity index (χ0) is 33.1. The van der Waals surface area contributed by atoms with E-state index in [9.17, 15) is 0 Å². The van der Waals surface area contributed by atoms with Crippen LogP contribution in [0.1, 0.15) is 22.3 Å². The highest BCUT2D eigenvalue weighted by Crippen LogP contribution is 2.63. The Balaban J connectivity index is 1.23. The minimum absolute atomic E-state index is 0.470. The molecule has 0 N–H and O–H groups in total. The van der Waals surface area contributed by atoms with Gasteiger partial charge in [-0.3, -0.25) is 0 Å². The maximum absolute atomic E-state index is 5.27. The van der Waals surface area contributed by atoms with Gasteiger partial charge in [0.25, 0.3) is 0 Å². The molecule has 50 heavy (non-hydrogen) atoms. The van der Waals surface area contributed by atoms with Gasteiger partial charge in [0.2, 0.25) is 0 Å². The van der Waals surface area contributed by atoms with Gasteiger partial charge in [-0.1, -0.05) is 176 Å². The number of aromatic nitrogens is 3. The Hall–Kier alpha value is -6.10. The van der Waals surface area contributed by atoms with E-state index in [1.807, 2.05) is 36.0 Å². The zero-order valence-corrected chi connectivity index (χ0v) is 27.8. The Morgan fingerprint density at radius 1 is 0.340 bits per heavy atom. The quantitative estimate of drug-likeness (QED) is 0.189. The van der Waals surface area contributed by atoms with E-state index in [4.69, 9.17) is 15.0 Å². The van der Waals surface area contributed by atoms with Crippen LogP contribution in [0.2, 0.25) is 0 Å². The predicted octanol–water partition coefficient (Wildman–Crippen LogP) is 11.4. The highest BCUT2D eigenvalue weighted by molar-refractivity contribution is 7.99. The molecule has 0 saturated heterocycles. The summed E-state index contributed by atoms with van der Waals surface area (Å²) < 4.78 is 0. The van der Waals surface area contributed by atoms with Gasteiger partial charge in [0.1, 0.15) is 0 Å². The van der Waals surface area contributed by atoms with Gasteiger partial charge < -0.3 is 0 Å². The average Bonchev–Trinajstić information content (AvgIpc) is 3.49. The van der Waals surface area contributed by atoms with Crippen molar-refractivity contribution in [1.82, 2.24) is 15.0 Å². The average molecular weight is 656 g/mol. The molecule has 0 bridgehead atoms. The van der Waals surface area contributed by atoms with Crippen LogP contribution in [-0.2, 0) is 5.41 Å². The molecule has 0 radical (unpaired) electrons. The second-order valence-electron chi connectivity index (χ2n) is 12.7. The maximum Gasteiger partial charge on any atom is 0.165 e. The van der Waals surface area contributed by atoms with Gasteiger partial charge in [0, 0.05) is 26.5 Å². The molecular weight excluding hydrogens is 627 g/mol. The third-order valence-electron chi connectivity index (χ3n) is 10.0. The minimum Gasteiger partial charge on any atom is -0.208 e. The van der Waals surface area contributed by atoms with E-state index in [0.717, 1.165) is 27.8 Å². The van der Waals surface area contributed by atoms with E-state index in [0.29, 0.717) is 17.5 Å². The van der Waals surface area contributed by atoms with Crippen molar-refractivity contribution in [2.24, 2.45) is 0 Å². The van der Waals surface area contributed by atoms with Crippen molar-refractivity contribution in [3.63, 3.8) is 0 Å². The van der Waals surface area contributed by atoms with E-state index >= 15 is 0 Å². The van der Waals surface area contributed by atoms with Crippen LogP contribution in [0.4, 0.5) is 0 Å². The van der Waals surface area contributed by atoms with Crippen molar-refractivity contribution in [2.45, 2.75) is 15.2 Å². The SMILES string of the molecule is c1ccc(-c2cccc(-c3nc(-c4ccccc4)nc(-c4cccc5c4Sc4ccccc4C54c5ccccc5-c5ccccc54)n3)c2)cc1. The van der Waals surface area contributed by atoms with Crippen molar-refractivity contribution >= 4 is 11.8 Å². The molecule has 0 fully saturated rings. The number of fused-ring (bicyclic) bond motifs is 9. The Bertz CT molecular complexity index is 2530. The Labute approximate surface area is 295 Å². The van der Waals surface area contributed by atoms with Gasteiger partial charge in [-0.05, 0) is 56.6 Å². The first kappa shape index (κ1) is 28.9. The summed E-state index contributed by atoms with van der Waals surface area (Å²) in [6.45, 7) is 0. The molecule has 7 aromatic carbocycles. The van der Waals surface area contributed by atoms with Crippen LogP contribution in [0, 0.1) is 0 Å². The monoisotopic (exact) mass is 655 g/mol. The molecule has 1 aliphatic carbocycles. The Kier molecular flexibility index (Phi) is 6.64. The van der Waals surface area contributed by atoms with Crippen molar-refractivity contribution < 1.29 is 0 Å². The van der Waals surface area contributed by atoms with Crippen molar-refractivity contribution in [1.29, 1.82) is 0 Å². The molecule has 0 saturated carbocycles. The second kappa shape index (κ2) is 11.5. The smallest absolute Gasteiger partial charge is 0.165 e. The zero-order valence-electron chi connectivity index (χ0n) is 27.0. The number of hydrogen-bond acceptors (Lipinski definition) is 4. The number of nitrogens with zero attached hydrogens (tertiary/aromatic N) is 3. The molecule has 2 aliphatic rings. The van der Waals surface area contributed by atoms with Crippen LogP contribution in [0.25, 0.3) is 56.4 Å².